The fourth-order valence-electron chi connectivity index (χ4n) is 5.67. The van der Waals surface area contributed by atoms with E-state index in [1.807, 2.05) is 18.2 Å². The summed E-state index contributed by atoms with van der Waals surface area (Å²) in [7, 11) is 1.58. The van der Waals surface area contributed by atoms with Crippen LogP contribution in [0.3, 0.4) is 0 Å². The Hall–Kier alpha value is -3.13. The van der Waals surface area contributed by atoms with Crippen molar-refractivity contribution in [2.24, 2.45) is 11.8 Å². The van der Waals surface area contributed by atoms with Crippen molar-refractivity contribution in [2.75, 3.05) is 26.7 Å². The first-order valence-corrected chi connectivity index (χ1v) is 13.3. The van der Waals surface area contributed by atoms with Gasteiger partial charge in [-0.05, 0) is 105 Å². The first-order valence-electron chi connectivity index (χ1n) is 13.3. The van der Waals surface area contributed by atoms with Crippen molar-refractivity contribution in [1.29, 1.82) is 0 Å². The monoisotopic (exact) mass is 528 g/mol. The van der Waals surface area contributed by atoms with Crippen LogP contribution in [-0.4, -0.2) is 47.7 Å². The molecule has 1 aliphatic rings. The highest BCUT2D eigenvalue weighted by atomic mass is 19.2. The maximum absolute atomic E-state index is 15.5. The number of alkyl halides is 1. The normalized spacial score (nSPS) is 18.9. The summed E-state index contributed by atoms with van der Waals surface area (Å²) in [6, 6.07) is 11.4. The topological polar surface area (TPSA) is 62.7 Å². The lowest BCUT2D eigenvalue weighted by atomic mass is 9.79. The molecule has 4 rings (SSSR count). The lowest BCUT2D eigenvalue weighted by Crippen LogP contribution is -2.41. The Morgan fingerprint density at radius 3 is 2.82 bits per heavy atom. The van der Waals surface area contributed by atoms with E-state index in [1.54, 1.807) is 25.4 Å². The predicted octanol–water partition coefficient (Wildman–Crippen LogP) is 6.75. The van der Waals surface area contributed by atoms with E-state index in [-0.39, 0.29) is 18.3 Å². The maximum atomic E-state index is 15.5. The Labute approximate surface area is 221 Å². The molecular weight excluding hydrogens is 493 g/mol. The highest BCUT2D eigenvalue weighted by Gasteiger charge is 2.30. The molecule has 0 aliphatic carbocycles. The van der Waals surface area contributed by atoms with Crippen LogP contribution in [0.1, 0.15) is 55.8 Å². The third-order valence-corrected chi connectivity index (χ3v) is 7.77. The number of fused-ring (bicyclic) bond motifs is 1. The summed E-state index contributed by atoms with van der Waals surface area (Å²) in [4.78, 5) is 17.9. The van der Waals surface area contributed by atoms with Crippen LogP contribution in [0.2, 0.25) is 0 Å². The molecule has 0 radical (unpaired) electrons. The van der Waals surface area contributed by atoms with Gasteiger partial charge in [0, 0.05) is 24.5 Å². The smallest absolute Gasteiger partial charge is 0.303 e. The number of aliphatic carboxylic acids is 1. The second-order valence-electron chi connectivity index (χ2n) is 10.2. The van der Waals surface area contributed by atoms with Crippen LogP contribution in [0.5, 0.6) is 5.75 Å². The fourth-order valence-corrected chi connectivity index (χ4v) is 5.67. The van der Waals surface area contributed by atoms with Crippen LogP contribution in [0, 0.1) is 23.5 Å². The van der Waals surface area contributed by atoms with E-state index in [0.717, 1.165) is 43.0 Å². The van der Waals surface area contributed by atoms with E-state index in [1.165, 1.54) is 6.07 Å². The number of aromatic nitrogens is 1. The first-order chi connectivity index (χ1) is 18.4. The molecule has 3 aromatic rings. The number of carbonyl (C=O) groups is 1. The lowest BCUT2D eigenvalue weighted by Gasteiger charge is -2.39. The fraction of sp³-hybridized carbons (Fsp3) is 0.467. The van der Waals surface area contributed by atoms with E-state index in [2.05, 4.69) is 9.88 Å². The van der Waals surface area contributed by atoms with Crippen LogP contribution in [0.4, 0.5) is 13.2 Å². The molecule has 8 heteroatoms. The number of nitrogens with zero attached hydrogens (tertiary/aromatic N) is 2. The molecule has 0 spiro atoms. The number of methoxy groups -OCH3 is 1. The Kier molecular flexibility index (Phi) is 9.61. The minimum absolute atomic E-state index is 0.0807. The zero-order valence-corrected chi connectivity index (χ0v) is 21.7. The van der Waals surface area contributed by atoms with Gasteiger partial charge in [-0.1, -0.05) is 12.1 Å². The van der Waals surface area contributed by atoms with E-state index < -0.39 is 23.8 Å². The molecule has 1 saturated heterocycles. The van der Waals surface area contributed by atoms with Gasteiger partial charge in [-0.2, -0.15) is 0 Å². The Bertz CT molecular complexity index is 1240. The summed E-state index contributed by atoms with van der Waals surface area (Å²) < 4.78 is 48.3. The van der Waals surface area contributed by atoms with Crippen molar-refractivity contribution in [3.63, 3.8) is 0 Å². The van der Waals surface area contributed by atoms with Crippen molar-refractivity contribution < 1.29 is 27.8 Å². The number of rotatable bonds is 12. The Morgan fingerprint density at radius 1 is 1.18 bits per heavy atom. The average molecular weight is 529 g/mol. The summed E-state index contributed by atoms with van der Waals surface area (Å²) in [5, 5.41) is 10.0. The molecule has 38 heavy (non-hydrogen) atoms. The van der Waals surface area contributed by atoms with Crippen molar-refractivity contribution in [3.8, 4) is 5.75 Å². The molecule has 1 aromatic heterocycles. The molecule has 0 amide bonds. The highest BCUT2D eigenvalue weighted by molar-refractivity contribution is 5.83. The molecule has 5 nitrogen and oxygen atoms in total. The molecule has 3 atom stereocenters. The lowest BCUT2D eigenvalue weighted by molar-refractivity contribution is -0.137. The van der Waals surface area contributed by atoms with Crippen LogP contribution in [-0.2, 0) is 11.2 Å². The van der Waals surface area contributed by atoms with Crippen molar-refractivity contribution >= 4 is 16.9 Å². The molecule has 0 bridgehead atoms. The number of carboxylic acids is 1. The van der Waals surface area contributed by atoms with Crippen LogP contribution in [0.15, 0.2) is 48.7 Å². The number of ether oxygens (including phenoxy) is 1. The minimum atomic E-state index is -1.16. The van der Waals surface area contributed by atoms with E-state index in [4.69, 9.17) is 4.74 Å². The van der Waals surface area contributed by atoms with E-state index in [9.17, 15) is 18.7 Å². The van der Waals surface area contributed by atoms with E-state index >= 15 is 4.39 Å². The number of pyridine rings is 1. The number of benzene rings is 2. The first kappa shape index (κ1) is 27.9. The largest absolute Gasteiger partial charge is 0.497 e. The van der Waals surface area contributed by atoms with Gasteiger partial charge in [-0.25, -0.2) is 13.2 Å². The van der Waals surface area contributed by atoms with Gasteiger partial charge in [-0.3, -0.25) is 9.78 Å². The molecule has 2 unspecified atom stereocenters. The predicted molar refractivity (Wildman–Crippen MR) is 141 cm³/mol. The second-order valence-corrected chi connectivity index (χ2v) is 10.2. The van der Waals surface area contributed by atoms with Gasteiger partial charge >= 0.3 is 5.97 Å². The van der Waals surface area contributed by atoms with Crippen LogP contribution >= 0.6 is 0 Å². The number of hydrogen-bond acceptors (Lipinski definition) is 4. The van der Waals surface area contributed by atoms with Gasteiger partial charge in [0.2, 0.25) is 0 Å². The number of piperidine rings is 1. The average Bonchev–Trinajstić information content (AvgIpc) is 2.92. The van der Waals surface area contributed by atoms with Crippen molar-refractivity contribution in [1.82, 2.24) is 9.88 Å². The minimum Gasteiger partial charge on any atom is -0.497 e. The molecule has 0 saturated carbocycles. The van der Waals surface area contributed by atoms with Gasteiger partial charge in [0.15, 0.2) is 11.6 Å². The van der Waals surface area contributed by atoms with Gasteiger partial charge < -0.3 is 14.7 Å². The number of carboxylic acid groups (broad SMARTS) is 1. The molecule has 2 aromatic carbocycles. The van der Waals surface area contributed by atoms with Gasteiger partial charge in [0.1, 0.15) is 11.9 Å². The number of likely N-dealkylation sites (tertiary alicyclic amines) is 1. The summed E-state index contributed by atoms with van der Waals surface area (Å²) in [5.74, 6) is -1.42. The number of halogens is 3. The highest BCUT2D eigenvalue weighted by Crippen LogP contribution is 2.36. The summed E-state index contributed by atoms with van der Waals surface area (Å²) in [6.45, 7) is 2.28. The quantitative estimate of drug-likeness (QED) is 0.282. The molecule has 1 N–H and O–H groups in total. The molecule has 2 heterocycles. The van der Waals surface area contributed by atoms with E-state index in [0.29, 0.717) is 49.0 Å². The van der Waals surface area contributed by atoms with Crippen molar-refractivity contribution in [2.45, 2.75) is 51.1 Å². The second kappa shape index (κ2) is 13.1. The number of aryl methyl sites for hydroxylation is 1. The van der Waals surface area contributed by atoms with Crippen LogP contribution < -0.4 is 4.74 Å². The van der Waals surface area contributed by atoms with Crippen molar-refractivity contribution in [3.05, 3.63) is 71.4 Å². The molecule has 204 valence electrons. The van der Waals surface area contributed by atoms with Gasteiger partial charge in [-0.15, -0.1) is 0 Å². The zero-order chi connectivity index (χ0) is 27.1. The summed E-state index contributed by atoms with van der Waals surface area (Å²) in [5.41, 5.74) is 1.69. The zero-order valence-electron chi connectivity index (χ0n) is 21.7. The standard InChI is InChI=1S/C30H35F3N2O3/c1-38-23-9-11-28-25(18-23)24(13-15-34-28)26(31)10-7-20-14-17-35(19-22(20)8-12-29(36)37)16-3-5-21-4-2-6-27(32)30(21)33/h2,4,6,9,11,13,15,18,20,22,26H,3,5,7-8,10,12,14,16-17,19H2,1H3,(H,36,37)/t20?,22?,26-/m0/s1. The third kappa shape index (κ3) is 7.04. The van der Waals surface area contributed by atoms with Gasteiger partial charge in [0.05, 0.1) is 12.6 Å². The molecular formula is C30H35F3N2O3. The summed E-state index contributed by atoms with van der Waals surface area (Å²) >= 11 is 0. The summed E-state index contributed by atoms with van der Waals surface area (Å²) in [6.07, 6.45) is 4.09. The number of hydrogen-bond donors (Lipinski definition) is 1. The van der Waals surface area contributed by atoms with Crippen LogP contribution in [0.25, 0.3) is 10.9 Å². The SMILES string of the molecule is COc1ccc2nccc([C@@H](F)CCC3CCN(CCCc4cccc(F)c4F)CC3CCC(=O)O)c2c1. The maximum Gasteiger partial charge on any atom is 0.303 e. The molecule has 1 aliphatic heterocycles. The Morgan fingerprint density at radius 2 is 2.03 bits per heavy atom. The Balaban J connectivity index is 1.36. The molecule has 1 fully saturated rings. The third-order valence-electron chi connectivity index (χ3n) is 7.77. The van der Waals surface area contributed by atoms with Gasteiger partial charge in [0.25, 0.3) is 0 Å².